The molecule has 0 fully saturated rings. The maximum absolute atomic E-state index is 9.33. The molecule has 3 nitrogen and oxygen atoms in total. The van der Waals surface area contributed by atoms with Gasteiger partial charge in [0.05, 0.1) is 0 Å². The van der Waals surface area contributed by atoms with Crippen LogP contribution in [0.3, 0.4) is 0 Å². The van der Waals surface area contributed by atoms with Crippen LogP contribution in [0.25, 0.3) is 0 Å². The minimum Gasteiger partial charge on any atom is -0.508 e. The van der Waals surface area contributed by atoms with Crippen molar-refractivity contribution in [2.75, 3.05) is 26.2 Å². The quantitative estimate of drug-likeness (QED) is 0.599. The molecule has 1 aromatic carbocycles. The third kappa shape index (κ3) is 4.21. The number of nitrogens with zero attached hydrogens (tertiary/aromatic N) is 1. The van der Waals surface area contributed by atoms with Crippen molar-refractivity contribution in [3.05, 3.63) is 42.0 Å². The molecule has 2 rings (SSSR count). The van der Waals surface area contributed by atoms with E-state index in [9.17, 15) is 5.11 Å². The lowest BCUT2D eigenvalue weighted by Gasteiger charge is -2.22. The molecule has 1 aromatic rings. The highest BCUT2D eigenvalue weighted by Gasteiger charge is 2.04. The second-order valence-corrected chi connectivity index (χ2v) is 4.41. The summed E-state index contributed by atoms with van der Waals surface area (Å²) in [5, 5.41) is 12.7. The second-order valence-electron chi connectivity index (χ2n) is 4.41. The fourth-order valence-corrected chi connectivity index (χ4v) is 2.03. The summed E-state index contributed by atoms with van der Waals surface area (Å²) in [6.45, 7) is 5.14. The standard InChI is InChI=1S/C14H20N2O/c17-14-6-4-5-13(11-14)12-15-7-10-16-8-2-1-3-9-16/h1-2,4-6,11,15,17H,3,7-10,12H2. The van der Waals surface area contributed by atoms with Gasteiger partial charge >= 0.3 is 0 Å². The van der Waals surface area contributed by atoms with E-state index in [-0.39, 0.29) is 0 Å². The first-order valence-corrected chi connectivity index (χ1v) is 6.20. The van der Waals surface area contributed by atoms with Gasteiger partial charge in [-0.05, 0) is 24.1 Å². The Balaban J connectivity index is 1.64. The summed E-state index contributed by atoms with van der Waals surface area (Å²) in [5.41, 5.74) is 1.13. The fourth-order valence-electron chi connectivity index (χ4n) is 2.03. The first kappa shape index (κ1) is 12.1. The molecule has 1 aliphatic rings. The molecule has 0 aliphatic carbocycles. The minimum atomic E-state index is 0.338. The number of phenols is 1. The molecule has 0 spiro atoms. The number of hydrogen-bond acceptors (Lipinski definition) is 3. The monoisotopic (exact) mass is 232 g/mol. The smallest absolute Gasteiger partial charge is 0.115 e. The third-order valence-electron chi connectivity index (χ3n) is 2.99. The van der Waals surface area contributed by atoms with E-state index < -0.39 is 0 Å². The minimum absolute atomic E-state index is 0.338. The Bertz CT molecular complexity index is 376. The van der Waals surface area contributed by atoms with E-state index in [2.05, 4.69) is 22.4 Å². The van der Waals surface area contributed by atoms with Crippen LogP contribution in [0, 0.1) is 0 Å². The van der Waals surface area contributed by atoms with Gasteiger partial charge in [-0.3, -0.25) is 4.90 Å². The van der Waals surface area contributed by atoms with Crippen LogP contribution >= 0.6 is 0 Å². The molecule has 2 N–H and O–H groups in total. The summed E-state index contributed by atoms with van der Waals surface area (Å²) in [6, 6.07) is 7.40. The average Bonchev–Trinajstić information content (AvgIpc) is 2.36. The van der Waals surface area contributed by atoms with Gasteiger partial charge in [0.1, 0.15) is 5.75 Å². The topological polar surface area (TPSA) is 35.5 Å². The van der Waals surface area contributed by atoms with Crippen molar-refractivity contribution in [3.8, 4) is 5.75 Å². The van der Waals surface area contributed by atoms with Crippen molar-refractivity contribution in [3.63, 3.8) is 0 Å². The first-order chi connectivity index (χ1) is 8.34. The zero-order chi connectivity index (χ0) is 11.9. The van der Waals surface area contributed by atoms with Gasteiger partial charge in [0.25, 0.3) is 0 Å². The zero-order valence-electron chi connectivity index (χ0n) is 10.1. The summed E-state index contributed by atoms with van der Waals surface area (Å²) < 4.78 is 0. The number of nitrogens with one attached hydrogen (secondary N) is 1. The SMILES string of the molecule is Oc1cccc(CNCCN2CC=CCC2)c1. The van der Waals surface area contributed by atoms with E-state index in [1.807, 2.05) is 12.1 Å². The summed E-state index contributed by atoms with van der Waals surface area (Å²) >= 11 is 0. The van der Waals surface area contributed by atoms with Crippen LogP contribution < -0.4 is 5.32 Å². The van der Waals surface area contributed by atoms with Crippen molar-refractivity contribution in [2.45, 2.75) is 13.0 Å². The average molecular weight is 232 g/mol. The summed E-state index contributed by atoms with van der Waals surface area (Å²) in [5.74, 6) is 0.338. The molecule has 17 heavy (non-hydrogen) atoms. The summed E-state index contributed by atoms with van der Waals surface area (Å²) in [6.07, 6.45) is 5.65. The molecule has 0 saturated heterocycles. The third-order valence-corrected chi connectivity index (χ3v) is 2.99. The van der Waals surface area contributed by atoms with Crippen LogP contribution in [0.4, 0.5) is 0 Å². The Kier molecular flexibility index (Phi) is 4.59. The van der Waals surface area contributed by atoms with E-state index in [0.717, 1.165) is 31.7 Å². The maximum Gasteiger partial charge on any atom is 0.115 e. The Morgan fingerprint density at radius 3 is 3.00 bits per heavy atom. The second kappa shape index (κ2) is 6.42. The van der Waals surface area contributed by atoms with E-state index >= 15 is 0 Å². The molecule has 0 unspecified atom stereocenters. The Hall–Kier alpha value is -1.32. The highest BCUT2D eigenvalue weighted by Crippen LogP contribution is 2.10. The van der Waals surface area contributed by atoms with Gasteiger partial charge in [-0.15, -0.1) is 0 Å². The molecule has 1 aliphatic heterocycles. The van der Waals surface area contributed by atoms with Gasteiger partial charge in [0.2, 0.25) is 0 Å². The van der Waals surface area contributed by atoms with Gasteiger partial charge in [-0.2, -0.15) is 0 Å². The molecular weight excluding hydrogens is 212 g/mol. The molecule has 92 valence electrons. The van der Waals surface area contributed by atoms with Crippen molar-refractivity contribution in [1.82, 2.24) is 10.2 Å². The Morgan fingerprint density at radius 1 is 1.29 bits per heavy atom. The van der Waals surface area contributed by atoms with Crippen LogP contribution in [0.1, 0.15) is 12.0 Å². The van der Waals surface area contributed by atoms with Crippen molar-refractivity contribution in [1.29, 1.82) is 0 Å². The lowest BCUT2D eigenvalue weighted by atomic mass is 10.2. The van der Waals surface area contributed by atoms with Crippen LogP contribution in [0.5, 0.6) is 5.75 Å². The van der Waals surface area contributed by atoms with Gasteiger partial charge in [0, 0.05) is 32.7 Å². The highest BCUT2D eigenvalue weighted by atomic mass is 16.3. The molecule has 0 aromatic heterocycles. The molecule has 0 bridgehead atoms. The van der Waals surface area contributed by atoms with Gasteiger partial charge in [-0.1, -0.05) is 24.3 Å². The van der Waals surface area contributed by atoms with E-state index in [1.165, 1.54) is 13.0 Å². The predicted octanol–water partition coefficient (Wildman–Crippen LogP) is 1.74. The largest absolute Gasteiger partial charge is 0.508 e. The lowest BCUT2D eigenvalue weighted by molar-refractivity contribution is 0.297. The lowest BCUT2D eigenvalue weighted by Crippen LogP contribution is -2.34. The van der Waals surface area contributed by atoms with Crippen molar-refractivity contribution >= 4 is 0 Å². The Labute approximate surface area is 103 Å². The normalized spacial score (nSPS) is 16.2. The number of rotatable bonds is 5. The molecule has 3 heteroatoms. The number of phenolic OH excluding ortho intramolecular Hbond substituents is 1. The fraction of sp³-hybridized carbons (Fsp3) is 0.429. The number of hydrogen-bond donors (Lipinski definition) is 2. The predicted molar refractivity (Wildman–Crippen MR) is 70.0 cm³/mol. The van der Waals surface area contributed by atoms with Gasteiger partial charge < -0.3 is 10.4 Å². The van der Waals surface area contributed by atoms with Crippen molar-refractivity contribution in [2.24, 2.45) is 0 Å². The molecule has 0 saturated carbocycles. The molecule has 1 heterocycles. The van der Waals surface area contributed by atoms with Crippen LogP contribution in [-0.4, -0.2) is 36.2 Å². The maximum atomic E-state index is 9.33. The Morgan fingerprint density at radius 2 is 2.24 bits per heavy atom. The van der Waals surface area contributed by atoms with Crippen LogP contribution in [0.15, 0.2) is 36.4 Å². The molecule has 0 amide bonds. The summed E-state index contributed by atoms with van der Waals surface area (Å²) in [7, 11) is 0. The molecular formula is C14H20N2O. The van der Waals surface area contributed by atoms with Gasteiger partial charge in [-0.25, -0.2) is 0 Å². The zero-order valence-corrected chi connectivity index (χ0v) is 10.1. The van der Waals surface area contributed by atoms with Crippen LogP contribution in [-0.2, 0) is 6.54 Å². The van der Waals surface area contributed by atoms with Crippen molar-refractivity contribution < 1.29 is 5.11 Å². The first-order valence-electron chi connectivity index (χ1n) is 6.20. The number of aromatic hydroxyl groups is 1. The molecule has 0 atom stereocenters. The number of benzene rings is 1. The van der Waals surface area contributed by atoms with E-state index in [4.69, 9.17) is 0 Å². The molecule has 0 radical (unpaired) electrons. The van der Waals surface area contributed by atoms with E-state index in [0.29, 0.717) is 5.75 Å². The van der Waals surface area contributed by atoms with Gasteiger partial charge in [0.15, 0.2) is 0 Å². The summed E-state index contributed by atoms with van der Waals surface area (Å²) in [4.78, 5) is 2.44. The van der Waals surface area contributed by atoms with Crippen LogP contribution in [0.2, 0.25) is 0 Å². The van der Waals surface area contributed by atoms with E-state index in [1.54, 1.807) is 12.1 Å². The highest BCUT2D eigenvalue weighted by molar-refractivity contribution is 5.26.